The summed E-state index contributed by atoms with van der Waals surface area (Å²) in [5.74, 6) is 0.576. The standard InChI is InChI=1S/C16H16Cl2N2O/c1-9-5-3-4-6-11(9)13-14(17)19-16(20-15(13)18)12-8-7-10(2)21-12/h3-6,10,12H,7-8H2,1-2H3. The fourth-order valence-corrected chi connectivity index (χ4v) is 3.24. The van der Waals surface area contributed by atoms with Gasteiger partial charge in [-0.25, -0.2) is 9.97 Å². The van der Waals surface area contributed by atoms with E-state index in [0.717, 1.165) is 24.0 Å². The van der Waals surface area contributed by atoms with Crippen LogP contribution in [0.3, 0.4) is 0 Å². The van der Waals surface area contributed by atoms with E-state index in [-0.39, 0.29) is 12.2 Å². The molecule has 1 aromatic carbocycles. The number of rotatable bonds is 2. The van der Waals surface area contributed by atoms with Crippen LogP contribution in [0.25, 0.3) is 11.1 Å². The average molecular weight is 323 g/mol. The molecule has 0 saturated carbocycles. The molecule has 0 amide bonds. The summed E-state index contributed by atoms with van der Waals surface area (Å²) in [6.07, 6.45) is 2.02. The van der Waals surface area contributed by atoms with Gasteiger partial charge in [-0.15, -0.1) is 0 Å². The van der Waals surface area contributed by atoms with Crippen LogP contribution in [0.4, 0.5) is 0 Å². The van der Waals surface area contributed by atoms with E-state index in [1.54, 1.807) is 0 Å². The molecule has 2 heterocycles. The molecule has 0 radical (unpaired) electrons. The summed E-state index contributed by atoms with van der Waals surface area (Å²) in [6.45, 7) is 4.06. The molecular weight excluding hydrogens is 307 g/mol. The van der Waals surface area contributed by atoms with Crippen LogP contribution in [-0.4, -0.2) is 16.1 Å². The van der Waals surface area contributed by atoms with Crippen molar-refractivity contribution in [3.8, 4) is 11.1 Å². The minimum atomic E-state index is -0.110. The molecular formula is C16H16Cl2N2O. The number of halogens is 2. The normalized spacial score (nSPS) is 21.7. The molecule has 2 atom stereocenters. The first-order valence-electron chi connectivity index (χ1n) is 7.00. The maximum absolute atomic E-state index is 6.36. The first kappa shape index (κ1) is 14.8. The first-order chi connectivity index (χ1) is 10.1. The van der Waals surface area contributed by atoms with Crippen molar-refractivity contribution >= 4 is 23.2 Å². The highest BCUT2D eigenvalue weighted by molar-refractivity contribution is 6.37. The number of hydrogen-bond acceptors (Lipinski definition) is 3. The van der Waals surface area contributed by atoms with Gasteiger partial charge in [0.2, 0.25) is 0 Å². The molecule has 0 spiro atoms. The zero-order valence-electron chi connectivity index (χ0n) is 11.9. The van der Waals surface area contributed by atoms with Gasteiger partial charge < -0.3 is 4.74 Å². The Hall–Kier alpha value is -1.16. The van der Waals surface area contributed by atoms with Crippen LogP contribution in [0, 0.1) is 6.92 Å². The molecule has 110 valence electrons. The van der Waals surface area contributed by atoms with Crippen molar-refractivity contribution in [2.45, 2.75) is 38.9 Å². The van der Waals surface area contributed by atoms with Gasteiger partial charge in [-0.3, -0.25) is 0 Å². The molecule has 2 aromatic rings. The lowest BCUT2D eigenvalue weighted by Crippen LogP contribution is -2.07. The summed E-state index contributed by atoms with van der Waals surface area (Å²) in [5.41, 5.74) is 2.73. The number of benzene rings is 1. The van der Waals surface area contributed by atoms with Crippen molar-refractivity contribution in [3.63, 3.8) is 0 Å². The Kier molecular flexibility index (Phi) is 4.16. The van der Waals surface area contributed by atoms with Crippen LogP contribution < -0.4 is 0 Å². The number of ether oxygens (including phenoxy) is 1. The van der Waals surface area contributed by atoms with E-state index in [0.29, 0.717) is 21.7 Å². The van der Waals surface area contributed by atoms with Crippen molar-refractivity contribution in [1.29, 1.82) is 0 Å². The van der Waals surface area contributed by atoms with Gasteiger partial charge in [0.25, 0.3) is 0 Å². The maximum atomic E-state index is 6.36. The maximum Gasteiger partial charge on any atom is 0.160 e. The first-order valence-corrected chi connectivity index (χ1v) is 7.76. The molecule has 0 N–H and O–H groups in total. The van der Waals surface area contributed by atoms with E-state index in [1.165, 1.54) is 0 Å². The lowest BCUT2D eigenvalue weighted by atomic mass is 10.0. The Bertz CT molecular complexity index is 652. The fraction of sp³-hybridized carbons (Fsp3) is 0.375. The van der Waals surface area contributed by atoms with Crippen molar-refractivity contribution < 1.29 is 4.74 Å². The predicted molar refractivity (Wildman–Crippen MR) is 84.7 cm³/mol. The molecule has 1 aliphatic heterocycles. The van der Waals surface area contributed by atoms with Crippen molar-refractivity contribution in [2.75, 3.05) is 0 Å². The molecule has 2 unspecified atom stereocenters. The van der Waals surface area contributed by atoms with E-state index in [1.807, 2.05) is 38.1 Å². The highest BCUT2D eigenvalue weighted by Crippen LogP contribution is 2.37. The zero-order chi connectivity index (χ0) is 15.0. The second-order valence-corrected chi connectivity index (χ2v) is 6.08. The molecule has 1 aromatic heterocycles. The summed E-state index contributed by atoms with van der Waals surface area (Å²) in [7, 11) is 0. The van der Waals surface area contributed by atoms with Crippen LogP contribution in [0.5, 0.6) is 0 Å². The molecule has 1 fully saturated rings. The van der Waals surface area contributed by atoms with E-state index in [9.17, 15) is 0 Å². The zero-order valence-corrected chi connectivity index (χ0v) is 13.4. The lowest BCUT2D eigenvalue weighted by molar-refractivity contribution is 0.0503. The summed E-state index contributed by atoms with van der Waals surface area (Å²) in [4.78, 5) is 8.83. The topological polar surface area (TPSA) is 35.0 Å². The highest BCUT2D eigenvalue weighted by Gasteiger charge is 2.27. The predicted octanol–water partition coefficient (Wildman–Crippen LogP) is 5.00. The summed E-state index contributed by atoms with van der Waals surface area (Å²) < 4.78 is 5.78. The fourth-order valence-electron chi connectivity index (χ4n) is 2.64. The molecule has 1 aliphatic rings. The number of nitrogens with zero attached hydrogens (tertiary/aromatic N) is 2. The SMILES string of the molecule is Cc1ccccc1-c1c(Cl)nc(C2CCC(C)O2)nc1Cl. The Morgan fingerprint density at radius 2 is 1.76 bits per heavy atom. The molecule has 21 heavy (non-hydrogen) atoms. The van der Waals surface area contributed by atoms with Crippen LogP contribution in [0.1, 0.15) is 37.3 Å². The summed E-state index contributed by atoms with van der Waals surface area (Å²) in [6, 6.07) is 7.91. The van der Waals surface area contributed by atoms with Crippen molar-refractivity contribution in [2.24, 2.45) is 0 Å². The van der Waals surface area contributed by atoms with Gasteiger partial charge in [0.15, 0.2) is 5.82 Å². The van der Waals surface area contributed by atoms with Crippen LogP contribution in [0.15, 0.2) is 24.3 Å². The summed E-state index contributed by atoms with van der Waals surface area (Å²) in [5, 5.41) is 0.755. The number of aryl methyl sites for hydroxylation is 1. The highest BCUT2D eigenvalue weighted by atomic mass is 35.5. The van der Waals surface area contributed by atoms with E-state index in [4.69, 9.17) is 27.9 Å². The molecule has 5 heteroatoms. The third kappa shape index (κ3) is 2.91. The Morgan fingerprint density at radius 1 is 1.10 bits per heavy atom. The van der Waals surface area contributed by atoms with Gasteiger partial charge in [0.1, 0.15) is 16.4 Å². The van der Waals surface area contributed by atoms with Gasteiger partial charge in [0.05, 0.1) is 11.7 Å². The van der Waals surface area contributed by atoms with Crippen LogP contribution in [-0.2, 0) is 4.74 Å². The smallest absolute Gasteiger partial charge is 0.160 e. The molecule has 3 nitrogen and oxygen atoms in total. The third-order valence-electron chi connectivity index (χ3n) is 3.77. The van der Waals surface area contributed by atoms with Crippen molar-refractivity contribution in [3.05, 3.63) is 46.0 Å². The Labute approximate surface area is 134 Å². The van der Waals surface area contributed by atoms with Crippen molar-refractivity contribution in [1.82, 2.24) is 9.97 Å². The second-order valence-electron chi connectivity index (χ2n) is 5.37. The molecule has 3 rings (SSSR count). The minimum absolute atomic E-state index is 0.110. The average Bonchev–Trinajstić information content (AvgIpc) is 2.87. The third-order valence-corrected chi connectivity index (χ3v) is 4.32. The van der Waals surface area contributed by atoms with Gasteiger partial charge in [-0.2, -0.15) is 0 Å². The molecule has 0 aliphatic carbocycles. The Balaban J connectivity index is 2.03. The quantitative estimate of drug-likeness (QED) is 0.730. The van der Waals surface area contributed by atoms with Gasteiger partial charge in [-0.05, 0) is 37.8 Å². The lowest BCUT2D eigenvalue weighted by Gasteiger charge is -2.14. The molecule has 1 saturated heterocycles. The monoisotopic (exact) mass is 322 g/mol. The minimum Gasteiger partial charge on any atom is -0.367 e. The van der Waals surface area contributed by atoms with E-state index >= 15 is 0 Å². The Morgan fingerprint density at radius 3 is 2.33 bits per heavy atom. The van der Waals surface area contributed by atoms with Gasteiger partial charge in [-0.1, -0.05) is 47.5 Å². The second kappa shape index (κ2) is 5.91. The van der Waals surface area contributed by atoms with Crippen LogP contribution in [0.2, 0.25) is 10.3 Å². The largest absolute Gasteiger partial charge is 0.367 e. The molecule has 0 bridgehead atoms. The van der Waals surface area contributed by atoms with Crippen LogP contribution >= 0.6 is 23.2 Å². The summed E-state index contributed by atoms with van der Waals surface area (Å²) >= 11 is 12.7. The number of aromatic nitrogens is 2. The van der Waals surface area contributed by atoms with E-state index < -0.39 is 0 Å². The number of hydrogen-bond donors (Lipinski definition) is 0. The van der Waals surface area contributed by atoms with Gasteiger partial charge >= 0.3 is 0 Å². The van der Waals surface area contributed by atoms with E-state index in [2.05, 4.69) is 9.97 Å². The van der Waals surface area contributed by atoms with Gasteiger partial charge in [0, 0.05) is 0 Å².